The zero-order valence-electron chi connectivity index (χ0n) is 9.69. The van der Waals surface area contributed by atoms with Crippen molar-refractivity contribution >= 4 is 21.8 Å². The number of carbonyl (C=O) groups is 1. The summed E-state index contributed by atoms with van der Waals surface area (Å²) in [5.41, 5.74) is -0.280. The van der Waals surface area contributed by atoms with E-state index in [2.05, 4.69) is 21.2 Å². The van der Waals surface area contributed by atoms with Crippen molar-refractivity contribution in [3.63, 3.8) is 0 Å². The number of rotatable bonds is 4. The minimum atomic E-state index is -1.02. The lowest BCUT2D eigenvalue weighted by Gasteiger charge is -2.25. The molecule has 0 spiro atoms. The molecule has 17 heavy (non-hydrogen) atoms. The van der Waals surface area contributed by atoms with Crippen LogP contribution < -0.4 is 5.32 Å². The van der Waals surface area contributed by atoms with Gasteiger partial charge in [0.05, 0.1) is 0 Å². The van der Waals surface area contributed by atoms with Gasteiger partial charge in [-0.25, -0.2) is 8.78 Å². The maximum atomic E-state index is 13.0. The highest BCUT2D eigenvalue weighted by Gasteiger charge is 2.20. The van der Waals surface area contributed by atoms with Gasteiger partial charge in [0.1, 0.15) is 0 Å². The predicted molar refractivity (Wildman–Crippen MR) is 66.3 cm³/mol. The maximum Gasteiger partial charge on any atom is 0.251 e. The van der Waals surface area contributed by atoms with Crippen LogP contribution >= 0.6 is 15.9 Å². The molecule has 5 heteroatoms. The van der Waals surface area contributed by atoms with E-state index in [1.165, 1.54) is 6.07 Å². The molecule has 1 N–H and O–H groups in total. The quantitative estimate of drug-likeness (QED) is 0.850. The second kappa shape index (κ2) is 5.58. The molecule has 0 radical (unpaired) electrons. The molecule has 1 aromatic carbocycles. The Bertz CT molecular complexity index is 421. The number of benzene rings is 1. The molecule has 0 atom stereocenters. The maximum absolute atomic E-state index is 13.0. The molecule has 0 unspecified atom stereocenters. The van der Waals surface area contributed by atoms with E-state index in [1.54, 1.807) is 0 Å². The Hall–Kier alpha value is -0.970. The fourth-order valence-electron chi connectivity index (χ4n) is 1.32. The van der Waals surface area contributed by atoms with E-state index in [9.17, 15) is 13.6 Å². The second-order valence-corrected chi connectivity index (χ2v) is 5.20. The fraction of sp³-hybridized carbons (Fsp3) is 0.417. The fourth-order valence-corrected chi connectivity index (χ4v) is 2.31. The summed E-state index contributed by atoms with van der Waals surface area (Å²) in [4.78, 5) is 11.8. The summed E-state index contributed by atoms with van der Waals surface area (Å²) < 4.78 is 25.7. The zero-order chi connectivity index (χ0) is 13.1. The third kappa shape index (κ3) is 4.07. The molecule has 1 aromatic rings. The van der Waals surface area contributed by atoms with Crippen LogP contribution in [0.15, 0.2) is 18.2 Å². The molecule has 0 saturated carbocycles. The van der Waals surface area contributed by atoms with Crippen LogP contribution in [0.4, 0.5) is 8.78 Å². The standard InChI is InChI=1S/C12H14BrF2NO/c1-12(2,5-6-13)16-11(17)8-3-4-9(14)10(15)7-8/h3-4,7H,5-6H2,1-2H3,(H,16,17). The molecule has 2 nitrogen and oxygen atoms in total. The molecule has 1 amide bonds. The number of nitrogens with one attached hydrogen (secondary N) is 1. The Morgan fingerprint density at radius 3 is 2.53 bits per heavy atom. The van der Waals surface area contributed by atoms with E-state index in [4.69, 9.17) is 0 Å². The van der Waals surface area contributed by atoms with Crippen molar-refractivity contribution in [1.29, 1.82) is 0 Å². The Labute approximate surface area is 108 Å². The highest BCUT2D eigenvalue weighted by atomic mass is 79.9. The summed E-state index contributed by atoms with van der Waals surface area (Å²) in [5, 5.41) is 3.51. The minimum Gasteiger partial charge on any atom is -0.347 e. The SMILES string of the molecule is CC(C)(CCBr)NC(=O)c1ccc(F)c(F)c1. The molecule has 0 heterocycles. The third-order valence-corrected chi connectivity index (χ3v) is 2.75. The highest BCUT2D eigenvalue weighted by Crippen LogP contribution is 2.13. The average Bonchev–Trinajstić information content (AvgIpc) is 2.21. The Kier molecular flexibility index (Phi) is 4.62. The molecular weight excluding hydrogens is 292 g/mol. The van der Waals surface area contributed by atoms with E-state index in [-0.39, 0.29) is 5.56 Å². The van der Waals surface area contributed by atoms with Gasteiger partial charge in [-0.2, -0.15) is 0 Å². The molecule has 0 fully saturated rings. The van der Waals surface area contributed by atoms with Crippen LogP contribution in [0.5, 0.6) is 0 Å². The third-order valence-electron chi connectivity index (χ3n) is 2.35. The number of hydrogen-bond acceptors (Lipinski definition) is 1. The van der Waals surface area contributed by atoms with Crippen LogP contribution in [0.2, 0.25) is 0 Å². The van der Waals surface area contributed by atoms with Crippen molar-refractivity contribution < 1.29 is 13.6 Å². The molecule has 0 aliphatic carbocycles. The van der Waals surface area contributed by atoms with E-state index in [0.717, 1.165) is 23.9 Å². The first-order valence-electron chi connectivity index (χ1n) is 5.19. The van der Waals surface area contributed by atoms with E-state index in [1.807, 2.05) is 13.8 Å². The number of carbonyl (C=O) groups excluding carboxylic acids is 1. The Morgan fingerprint density at radius 2 is 2.00 bits per heavy atom. The van der Waals surface area contributed by atoms with Crippen molar-refractivity contribution in [1.82, 2.24) is 5.32 Å². The lowest BCUT2D eigenvalue weighted by molar-refractivity contribution is 0.0911. The summed E-state index contributed by atoms with van der Waals surface area (Å²) in [6, 6.07) is 3.11. The largest absolute Gasteiger partial charge is 0.347 e. The monoisotopic (exact) mass is 305 g/mol. The summed E-state index contributed by atoms with van der Waals surface area (Å²) in [7, 11) is 0. The zero-order valence-corrected chi connectivity index (χ0v) is 11.3. The minimum absolute atomic E-state index is 0.117. The number of alkyl halides is 1. The Balaban J connectivity index is 2.80. The van der Waals surface area contributed by atoms with Crippen molar-refractivity contribution in [3.05, 3.63) is 35.4 Å². The van der Waals surface area contributed by atoms with Crippen molar-refractivity contribution in [2.75, 3.05) is 5.33 Å². The summed E-state index contributed by atoms with van der Waals surface area (Å²) in [6.07, 6.45) is 0.739. The van der Waals surface area contributed by atoms with E-state index < -0.39 is 23.1 Å². The first-order valence-corrected chi connectivity index (χ1v) is 6.31. The van der Waals surface area contributed by atoms with Crippen LogP contribution in [0.1, 0.15) is 30.6 Å². The van der Waals surface area contributed by atoms with Crippen molar-refractivity contribution in [2.24, 2.45) is 0 Å². The van der Waals surface area contributed by atoms with Gasteiger partial charge < -0.3 is 5.32 Å². The van der Waals surface area contributed by atoms with Gasteiger partial charge in [0.25, 0.3) is 5.91 Å². The molecule has 0 bridgehead atoms. The van der Waals surface area contributed by atoms with Crippen molar-refractivity contribution in [3.8, 4) is 0 Å². The number of amides is 1. The van der Waals surface area contributed by atoms with Crippen molar-refractivity contribution in [2.45, 2.75) is 25.8 Å². The second-order valence-electron chi connectivity index (χ2n) is 4.41. The van der Waals surface area contributed by atoms with Crippen LogP contribution in [0.25, 0.3) is 0 Å². The molecule has 0 aromatic heterocycles. The lowest BCUT2D eigenvalue weighted by Crippen LogP contribution is -2.43. The highest BCUT2D eigenvalue weighted by molar-refractivity contribution is 9.09. The van der Waals surface area contributed by atoms with Gasteiger partial charge in [-0.3, -0.25) is 4.79 Å². The molecule has 0 aliphatic heterocycles. The molecule has 94 valence electrons. The van der Waals surface area contributed by atoms with Crippen LogP contribution in [-0.4, -0.2) is 16.8 Å². The van der Waals surface area contributed by atoms with Gasteiger partial charge in [0, 0.05) is 16.4 Å². The molecular formula is C12H14BrF2NO. The molecule has 0 aliphatic rings. The first kappa shape index (κ1) is 14.1. The average molecular weight is 306 g/mol. The Morgan fingerprint density at radius 1 is 1.35 bits per heavy atom. The van der Waals surface area contributed by atoms with Crippen LogP contribution in [0, 0.1) is 11.6 Å². The van der Waals surface area contributed by atoms with Crippen LogP contribution in [0.3, 0.4) is 0 Å². The van der Waals surface area contributed by atoms with E-state index >= 15 is 0 Å². The number of halogens is 3. The topological polar surface area (TPSA) is 29.1 Å². The summed E-state index contributed by atoms with van der Waals surface area (Å²) in [5.74, 6) is -2.38. The van der Waals surface area contributed by atoms with Gasteiger partial charge in [-0.1, -0.05) is 15.9 Å². The molecule has 0 saturated heterocycles. The molecule has 1 rings (SSSR count). The summed E-state index contributed by atoms with van der Waals surface area (Å²) >= 11 is 3.29. The van der Waals surface area contributed by atoms with Gasteiger partial charge in [0.15, 0.2) is 11.6 Å². The smallest absolute Gasteiger partial charge is 0.251 e. The van der Waals surface area contributed by atoms with Gasteiger partial charge >= 0.3 is 0 Å². The van der Waals surface area contributed by atoms with Gasteiger partial charge in [-0.05, 0) is 38.5 Å². The van der Waals surface area contributed by atoms with E-state index in [0.29, 0.717) is 0 Å². The summed E-state index contributed by atoms with van der Waals surface area (Å²) in [6.45, 7) is 3.73. The predicted octanol–water partition coefficient (Wildman–Crippen LogP) is 3.26. The van der Waals surface area contributed by atoms with Gasteiger partial charge in [0.2, 0.25) is 0 Å². The lowest BCUT2D eigenvalue weighted by atomic mass is 10.0. The first-order chi connectivity index (χ1) is 7.85. The van der Waals surface area contributed by atoms with Gasteiger partial charge in [-0.15, -0.1) is 0 Å². The normalized spacial score (nSPS) is 11.4. The van der Waals surface area contributed by atoms with Crippen LogP contribution in [-0.2, 0) is 0 Å². The number of hydrogen-bond donors (Lipinski definition) is 1.